The minimum atomic E-state index is -5.10. The summed E-state index contributed by atoms with van der Waals surface area (Å²) in [7, 11) is 0. The zero-order chi connectivity index (χ0) is 18.1. The van der Waals surface area contributed by atoms with E-state index in [4.69, 9.17) is 5.11 Å². The largest absolute Gasteiger partial charge is 0.573 e. The van der Waals surface area contributed by atoms with Crippen LogP contribution in [0.15, 0.2) is 42.5 Å². The summed E-state index contributed by atoms with van der Waals surface area (Å²) >= 11 is 0. The van der Waals surface area contributed by atoms with Gasteiger partial charge in [0.05, 0.1) is 5.56 Å². The summed E-state index contributed by atoms with van der Waals surface area (Å²) < 4.78 is 78.5. The zero-order valence-corrected chi connectivity index (χ0v) is 11.6. The molecule has 1 N–H and O–H groups in total. The first-order valence-electron chi connectivity index (χ1n) is 6.28. The van der Waals surface area contributed by atoms with Crippen LogP contribution in [-0.4, -0.2) is 17.4 Å². The highest BCUT2D eigenvalue weighted by atomic mass is 19.4. The Morgan fingerprint density at radius 1 is 0.917 bits per heavy atom. The van der Waals surface area contributed by atoms with E-state index in [9.17, 15) is 31.1 Å². The Kier molecular flexibility index (Phi) is 4.46. The Bertz CT molecular complexity index is 765. The first kappa shape index (κ1) is 17.6. The molecule has 128 valence electrons. The van der Waals surface area contributed by atoms with Gasteiger partial charge in [0.1, 0.15) is 11.3 Å². The maximum Gasteiger partial charge on any atom is 0.573 e. The third-order valence-corrected chi connectivity index (χ3v) is 2.96. The van der Waals surface area contributed by atoms with E-state index in [0.717, 1.165) is 36.4 Å². The van der Waals surface area contributed by atoms with Gasteiger partial charge in [0, 0.05) is 0 Å². The second-order valence-electron chi connectivity index (χ2n) is 4.64. The lowest BCUT2D eigenvalue weighted by atomic mass is 10.0. The zero-order valence-electron chi connectivity index (χ0n) is 11.6. The summed E-state index contributed by atoms with van der Waals surface area (Å²) in [5.41, 5.74) is -1.77. The smallest absolute Gasteiger partial charge is 0.478 e. The molecule has 0 aromatic heterocycles. The molecule has 0 radical (unpaired) electrons. The van der Waals surface area contributed by atoms with E-state index in [0.29, 0.717) is 0 Å². The fourth-order valence-corrected chi connectivity index (χ4v) is 1.97. The van der Waals surface area contributed by atoms with Crippen molar-refractivity contribution in [3.63, 3.8) is 0 Å². The van der Waals surface area contributed by atoms with Crippen molar-refractivity contribution in [2.75, 3.05) is 0 Å². The van der Waals surface area contributed by atoms with E-state index >= 15 is 0 Å². The van der Waals surface area contributed by atoms with E-state index in [2.05, 4.69) is 4.74 Å². The molecule has 0 unspecified atom stereocenters. The topological polar surface area (TPSA) is 46.5 Å². The molecule has 0 saturated heterocycles. The Hall–Kier alpha value is -2.71. The van der Waals surface area contributed by atoms with E-state index in [1.54, 1.807) is 0 Å². The first-order chi connectivity index (χ1) is 11.0. The van der Waals surface area contributed by atoms with Crippen LogP contribution in [-0.2, 0) is 6.18 Å². The van der Waals surface area contributed by atoms with Crippen LogP contribution in [0.1, 0.15) is 15.9 Å². The summed E-state index contributed by atoms with van der Waals surface area (Å²) in [5, 5.41) is 8.99. The van der Waals surface area contributed by atoms with Crippen LogP contribution in [0.3, 0.4) is 0 Å². The van der Waals surface area contributed by atoms with Gasteiger partial charge in [-0.05, 0) is 35.4 Å². The average molecular weight is 350 g/mol. The highest BCUT2D eigenvalue weighted by molar-refractivity contribution is 5.92. The summed E-state index contributed by atoms with van der Waals surface area (Å²) in [6.45, 7) is 0. The number of ether oxygens (including phenoxy) is 1. The van der Waals surface area contributed by atoms with Crippen molar-refractivity contribution in [2.45, 2.75) is 12.5 Å². The number of hydrogen-bond donors (Lipinski definition) is 1. The molecule has 0 aliphatic heterocycles. The number of alkyl halides is 6. The number of hydrogen-bond acceptors (Lipinski definition) is 2. The minimum absolute atomic E-state index is 0.00545. The predicted octanol–water partition coefficient (Wildman–Crippen LogP) is 4.97. The van der Waals surface area contributed by atoms with Crippen LogP contribution in [0.25, 0.3) is 11.1 Å². The summed E-state index contributed by atoms with van der Waals surface area (Å²) in [5.74, 6) is -2.66. The highest BCUT2D eigenvalue weighted by Gasteiger charge is 2.33. The van der Waals surface area contributed by atoms with E-state index in [-0.39, 0.29) is 11.1 Å². The van der Waals surface area contributed by atoms with Gasteiger partial charge >= 0.3 is 18.5 Å². The van der Waals surface area contributed by atoms with Crippen molar-refractivity contribution < 1.29 is 41.0 Å². The third-order valence-electron chi connectivity index (χ3n) is 2.96. The number of benzene rings is 2. The maximum atomic E-state index is 12.7. The van der Waals surface area contributed by atoms with Gasteiger partial charge in [-0.2, -0.15) is 13.2 Å². The van der Waals surface area contributed by atoms with Gasteiger partial charge in [0.2, 0.25) is 0 Å². The van der Waals surface area contributed by atoms with Crippen molar-refractivity contribution in [3.8, 4) is 16.9 Å². The molecular formula is C15H8F6O3. The number of carbonyl (C=O) groups is 1. The van der Waals surface area contributed by atoms with Gasteiger partial charge in [-0.1, -0.05) is 18.2 Å². The Morgan fingerprint density at radius 2 is 1.54 bits per heavy atom. The highest BCUT2D eigenvalue weighted by Crippen LogP contribution is 2.34. The molecule has 2 aromatic rings. The van der Waals surface area contributed by atoms with Crippen LogP contribution in [0.5, 0.6) is 5.75 Å². The molecule has 0 amide bonds. The summed E-state index contributed by atoms with van der Waals surface area (Å²) in [6, 6.07) is 6.58. The Labute approximate surface area is 131 Å². The lowest BCUT2D eigenvalue weighted by Gasteiger charge is -2.13. The molecular weight excluding hydrogens is 342 g/mol. The number of aromatic carboxylic acids is 1. The van der Waals surface area contributed by atoms with Gasteiger partial charge < -0.3 is 9.84 Å². The second-order valence-corrected chi connectivity index (χ2v) is 4.64. The number of carboxylic acid groups (broad SMARTS) is 1. The fourth-order valence-electron chi connectivity index (χ4n) is 1.97. The molecule has 2 aromatic carbocycles. The monoisotopic (exact) mass is 350 g/mol. The quantitative estimate of drug-likeness (QED) is 0.795. The van der Waals surface area contributed by atoms with Crippen LogP contribution in [0, 0.1) is 0 Å². The molecule has 0 bridgehead atoms. The van der Waals surface area contributed by atoms with E-state index in [1.807, 2.05) is 0 Å². The number of rotatable bonds is 3. The van der Waals surface area contributed by atoms with E-state index < -0.39 is 35.4 Å². The first-order valence-corrected chi connectivity index (χ1v) is 6.28. The fraction of sp³-hybridized carbons (Fsp3) is 0.133. The van der Waals surface area contributed by atoms with Gasteiger partial charge in [-0.15, -0.1) is 13.2 Å². The molecule has 2 rings (SSSR count). The van der Waals surface area contributed by atoms with Gasteiger partial charge in [-0.25, -0.2) is 4.79 Å². The van der Waals surface area contributed by atoms with Gasteiger partial charge in [0.15, 0.2) is 0 Å². The van der Waals surface area contributed by atoms with Crippen LogP contribution >= 0.6 is 0 Å². The summed E-state index contributed by atoms with van der Waals surface area (Å²) in [6.07, 6.45) is -9.70. The lowest BCUT2D eigenvalue weighted by Crippen LogP contribution is -2.19. The molecule has 0 spiro atoms. The second kappa shape index (κ2) is 6.06. The van der Waals surface area contributed by atoms with Crippen molar-refractivity contribution in [1.82, 2.24) is 0 Å². The molecule has 0 atom stereocenters. The van der Waals surface area contributed by atoms with Crippen LogP contribution < -0.4 is 4.74 Å². The van der Waals surface area contributed by atoms with E-state index in [1.165, 1.54) is 6.07 Å². The number of halogens is 6. The Morgan fingerprint density at radius 3 is 2.08 bits per heavy atom. The summed E-state index contributed by atoms with van der Waals surface area (Å²) in [4.78, 5) is 11.1. The van der Waals surface area contributed by atoms with Crippen molar-refractivity contribution >= 4 is 5.97 Å². The van der Waals surface area contributed by atoms with Crippen LogP contribution in [0.4, 0.5) is 26.3 Å². The van der Waals surface area contributed by atoms with Crippen molar-refractivity contribution in [2.24, 2.45) is 0 Å². The predicted molar refractivity (Wildman–Crippen MR) is 70.5 cm³/mol. The SMILES string of the molecule is O=C(O)c1cc(-c2cccc(C(F)(F)F)c2)ccc1OC(F)(F)F. The lowest BCUT2D eigenvalue weighted by molar-refractivity contribution is -0.274. The molecule has 24 heavy (non-hydrogen) atoms. The normalized spacial score (nSPS) is 12.1. The van der Waals surface area contributed by atoms with Crippen LogP contribution in [0.2, 0.25) is 0 Å². The Balaban J connectivity index is 2.50. The third kappa shape index (κ3) is 4.18. The average Bonchev–Trinajstić information content (AvgIpc) is 2.45. The molecule has 9 heteroatoms. The van der Waals surface area contributed by atoms with Gasteiger partial charge in [-0.3, -0.25) is 0 Å². The standard InChI is InChI=1S/C15H8F6O3/c16-14(17,18)10-3-1-2-8(6-10)9-4-5-12(24-15(19,20)21)11(7-9)13(22)23/h1-7H,(H,22,23). The molecule has 3 nitrogen and oxygen atoms in total. The molecule has 0 aliphatic rings. The number of carboxylic acids is 1. The minimum Gasteiger partial charge on any atom is -0.478 e. The molecule has 0 aliphatic carbocycles. The van der Waals surface area contributed by atoms with Crippen molar-refractivity contribution in [3.05, 3.63) is 53.6 Å². The molecule has 0 fully saturated rings. The maximum absolute atomic E-state index is 12.7. The molecule has 0 heterocycles. The molecule has 0 saturated carbocycles. The van der Waals surface area contributed by atoms with Crippen molar-refractivity contribution in [1.29, 1.82) is 0 Å². The van der Waals surface area contributed by atoms with Gasteiger partial charge in [0.25, 0.3) is 0 Å².